The Hall–Kier alpha value is -2.96. The van der Waals surface area contributed by atoms with Crippen molar-refractivity contribution in [3.05, 3.63) is 42.0 Å². The van der Waals surface area contributed by atoms with Crippen LogP contribution in [0.4, 0.5) is 0 Å². The lowest BCUT2D eigenvalue weighted by molar-refractivity contribution is -0.122. The van der Waals surface area contributed by atoms with Crippen molar-refractivity contribution in [2.24, 2.45) is 11.8 Å². The van der Waals surface area contributed by atoms with Gasteiger partial charge in [-0.3, -0.25) is 14.5 Å². The first-order valence-electron chi connectivity index (χ1n) is 9.23. The molecule has 7 nitrogen and oxygen atoms in total. The van der Waals surface area contributed by atoms with Gasteiger partial charge in [0.1, 0.15) is 0 Å². The zero-order valence-electron chi connectivity index (χ0n) is 15.8. The predicted molar refractivity (Wildman–Crippen MR) is 101 cm³/mol. The van der Waals surface area contributed by atoms with Gasteiger partial charge in [0, 0.05) is 36.0 Å². The van der Waals surface area contributed by atoms with Crippen molar-refractivity contribution in [2.75, 3.05) is 6.54 Å². The molecular formula is C20H23N5O2. The van der Waals surface area contributed by atoms with E-state index in [1.165, 1.54) is 0 Å². The van der Waals surface area contributed by atoms with Crippen molar-refractivity contribution in [1.29, 1.82) is 0 Å². The number of aromatic nitrogens is 4. The molecule has 3 aromatic rings. The van der Waals surface area contributed by atoms with E-state index >= 15 is 0 Å². The van der Waals surface area contributed by atoms with E-state index in [1.54, 1.807) is 6.20 Å². The first-order valence-corrected chi connectivity index (χ1v) is 9.23. The number of carbonyl (C=O) groups is 1. The number of amides is 1. The van der Waals surface area contributed by atoms with E-state index in [1.807, 2.05) is 42.9 Å². The molecule has 1 fully saturated rings. The lowest BCUT2D eigenvalue weighted by Gasteiger charge is -2.10. The van der Waals surface area contributed by atoms with Gasteiger partial charge in [-0.1, -0.05) is 12.1 Å². The summed E-state index contributed by atoms with van der Waals surface area (Å²) in [4.78, 5) is 16.5. The number of aryl methyl sites for hydroxylation is 2. The van der Waals surface area contributed by atoms with Gasteiger partial charge in [-0.15, -0.1) is 0 Å². The number of nitrogens with zero attached hydrogens (tertiary/aromatic N) is 4. The number of nitrogens with one attached hydrogen (secondary N) is 1. The van der Waals surface area contributed by atoms with Crippen molar-refractivity contribution < 1.29 is 9.32 Å². The molecule has 4 rings (SSSR count). The molecule has 0 bridgehead atoms. The van der Waals surface area contributed by atoms with Gasteiger partial charge in [0.25, 0.3) is 0 Å². The SMILES string of the molecule is Cc1ccc(-c2c(-c3cc(C)no3)cnn2CCNC(=O)[C@@H]2C[C@H]2C)cn1. The highest BCUT2D eigenvalue weighted by Gasteiger charge is 2.38. The van der Waals surface area contributed by atoms with Gasteiger partial charge in [-0.05, 0) is 38.3 Å². The third-order valence-corrected chi connectivity index (χ3v) is 4.99. The fourth-order valence-corrected chi connectivity index (χ4v) is 3.24. The summed E-state index contributed by atoms with van der Waals surface area (Å²) in [6.45, 7) is 7.05. The normalized spacial score (nSPS) is 18.5. The predicted octanol–water partition coefficient (Wildman–Crippen LogP) is 2.99. The Morgan fingerprint density at radius 2 is 2.11 bits per heavy atom. The number of hydrogen-bond acceptors (Lipinski definition) is 5. The highest BCUT2D eigenvalue weighted by atomic mass is 16.5. The Morgan fingerprint density at radius 1 is 1.30 bits per heavy atom. The van der Waals surface area contributed by atoms with Gasteiger partial charge in [-0.25, -0.2) is 0 Å². The second kappa shape index (κ2) is 6.98. The van der Waals surface area contributed by atoms with Crippen molar-refractivity contribution in [2.45, 2.75) is 33.7 Å². The van der Waals surface area contributed by atoms with Gasteiger partial charge < -0.3 is 9.84 Å². The van der Waals surface area contributed by atoms with E-state index in [-0.39, 0.29) is 11.8 Å². The maximum atomic E-state index is 12.1. The summed E-state index contributed by atoms with van der Waals surface area (Å²) in [5.74, 6) is 1.49. The van der Waals surface area contributed by atoms with E-state index < -0.39 is 0 Å². The molecule has 3 heterocycles. The Morgan fingerprint density at radius 3 is 2.74 bits per heavy atom. The van der Waals surface area contributed by atoms with Crippen LogP contribution in [0.25, 0.3) is 22.6 Å². The van der Waals surface area contributed by atoms with Crippen molar-refractivity contribution in [1.82, 2.24) is 25.2 Å². The second-order valence-electron chi connectivity index (χ2n) is 7.26. The van der Waals surface area contributed by atoms with Gasteiger partial charge in [-0.2, -0.15) is 5.10 Å². The van der Waals surface area contributed by atoms with E-state index in [0.29, 0.717) is 24.8 Å². The van der Waals surface area contributed by atoms with Crippen molar-refractivity contribution in [3.8, 4) is 22.6 Å². The van der Waals surface area contributed by atoms with Crippen LogP contribution in [0.2, 0.25) is 0 Å². The Kier molecular flexibility index (Phi) is 4.51. The molecule has 3 aromatic heterocycles. The molecular weight excluding hydrogens is 342 g/mol. The molecule has 0 aromatic carbocycles. The smallest absolute Gasteiger partial charge is 0.223 e. The van der Waals surface area contributed by atoms with Gasteiger partial charge in [0.2, 0.25) is 5.91 Å². The van der Waals surface area contributed by atoms with Crippen LogP contribution < -0.4 is 5.32 Å². The first-order chi connectivity index (χ1) is 13.0. The average Bonchev–Trinajstić information content (AvgIpc) is 3.03. The molecule has 0 unspecified atom stereocenters. The Balaban J connectivity index is 1.59. The van der Waals surface area contributed by atoms with Crippen molar-refractivity contribution in [3.63, 3.8) is 0 Å². The van der Waals surface area contributed by atoms with Crippen LogP contribution in [0.3, 0.4) is 0 Å². The van der Waals surface area contributed by atoms with Crippen LogP contribution in [0.1, 0.15) is 24.7 Å². The Bertz CT molecular complexity index is 957. The second-order valence-corrected chi connectivity index (χ2v) is 7.26. The van der Waals surface area contributed by atoms with Crippen LogP contribution in [0.5, 0.6) is 0 Å². The van der Waals surface area contributed by atoms with Crippen molar-refractivity contribution >= 4 is 5.91 Å². The number of carbonyl (C=O) groups excluding carboxylic acids is 1. The molecule has 2 atom stereocenters. The van der Waals surface area contributed by atoms with Gasteiger partial charge in [0.05, 0.1) is 29.7 Å². The minimum Gasteiger partial charge on any atom is -0.356 e. The Labute approximate surface area is 157 Å². The molecule has 0 saturated heterocycles. The van der Waals surface area contributed by atoms with Crippen LogP contribution in [0.15, 0.2) is 35.1 Å². The van der Waals surface area contributed by atoms with Crippen LogP contribution in [0, 0.1) is 25.7 Å². The molecule has 0 spiro atoms. The summed E-state index contributed by atoms with van der Waals surface area (Å²) < 4.78 is 7.34. The summed E-state index contributed by atoms with van der Waals surface area (Å²) in [6.07, 6.45) is 4.60. The monoisotopic (exact) mass is 365 g/mol. The third-order valence-electron chi connectivity index (χ3n) is 4.99. The number of rotatable bonds is 6. The molecule has 1 aliphatic rings. The first kappa shape index (κ1) is 17.5. The summed E-state index contributed by atoms with van der Waals surface area (Å²) in [5.41, 5.74) is 4.49. The summed E-state index contributed by atoms with van der Waals surface area (Å²) in [5, 5.41) is 11.5. The topological polar surface area (TPSA) is 85.8 Å². The molecule has 1 saturated carbocycles. The van der Waals surface area contributed by atoms with Gasteiger partial charge in [0.15, 0.2) is 5.76 Å². The van der Waals surface area contributed by atoms with E-state index in [0.717, 1.165) is 34.6 Å². The zero-order chi connectivity index (χ0) is 19.0. The summed E-state index contributed by atoms with van der Waals surface area (Å²) in [6, 6.07) is 5.88. The molecule has 1 amide bonds. The van der Waals surface area contributed by atoms with Crippen LogP contribution in [-0.2, 0) is 11.3 Å². The molecule has 0 aliphatic heterocycles. The molecule has 27 heavy (non-hydrogen) atoms. The lowest BCUT2D eigenvalue weighted by Crippen LogP contribution is -2.29. The fraction of sp³-hybridized carbons (Fsp3) is 0.400. The van der Waals surface area contributed by atoms with Crippen LogP contribution >= 0.6 is 0 Å². The third kappa shape index (κ3) is 3.63. The van der Waals surface area contributed by atoms with E-state index in [9.17, 15) is 4.79 Å². The molecule has 140 valence electrons. The fourth-order valence-electron chi connectivity index (χ4n) is 3.24. The molecule has 7 heteroatoms. The van der Waals surface area contributed by atoms with E-state index in [2.05, 4.69) is 27.5 Å². The number of hydrogen-bond donors (Lipinski definition) is 1. The highest BCUT2D eigenvalue weighted by Crippen LogP contribution is 2.37. The summed E-state index contributed by atoms with van der Waals surface area (Å²) >= 11 is 0. The maximum absolute atomic E-state index is 12.1. The maximum Gasteiger partial charge on any atom is 0.223 e. The highest BCUT2D eigenvalue weighted by molar-refractivity contribution is 5.81. The summed E-state index contributed by atoms with van der Waals surface area (Å²) in [7, 11) is 0. The average molecular weight is 365 g/mol. The molecule has 0 radical (unpaired) electrons. The minimum atomic E-state index is 0.138. The standard InChI is InChI=1S/C20H23N5O2/c1-12-8-16(12)20(26)21-6-7-25-19(15-5-4-13(2)22-10-15)17(11-23-25)18-9-14(3)24-27-18/h4-5,9-12,16H,6-8H2,1-3H3,(H,21,26)/t12-,16-/m1/s1. The van der Waals surface area contributed by atoms with E-state index in [4.69, 9.17) is 4.52 Å². The zero-order valence-corrected chi connectivity index (χ0v) is 15.8. The number of pyridine rings is 1. The molecule has 1 aliphatic carbocycles. The van der Waals surface area contributed by atoms with Crippen LogP contribution in [-0.4, -0.2) is 32.4 Å². The minimum absolute atomic E-state index is 0.138. The molecule has 1 N–H and O–H groups in total. The lowest BCUT2D eigenvalue weighted by atomic mass is 10.1. The largest absolute Gasteiger partial charge is 0.356 e. The quantitative estimate of drug-likeness (QED) is 0.726. The van der Waals surface area contributed by atoms with Gasteiger partial charge >= 0.3 is 0 Å².